The minimum absolute atomic E-state index is 0. The highest BCUT2D eigenvalue weighted by Crippen LogP contribution is 2.43. The molecule has 1 fully saturated rings. The fourth-order valence-corrected chi connectivity index (χ4v) is 5.81. The lowest BCUT2D eigenvalue weighted by atomic mass is 9.71. The molecule has 35 heavy (non-hydrogen) atoms. The number of benzene rings is 2. The molecular formula is C25H28ClFN2O5S. The maximum absolute atomic E-state index is 13.9. The molecule has 0 saturated heterocycles. The molecule has 3 N–H and O–H groups in total. The molecule has 0 aliphatic heterocycles. The zero-order valence-corrected chi connectivity index (χ0v) is 21.0. The molecule has 3 aromatic rings. The molecule has 0 spiro atoms. The van der Waals surface area contributed by atoms with Crippen LogP contribution in [0, 0.1) is 11.7 Å². The van der Waals surface area contributed by atoms with Crippen LogP contribution in [0.3, 0.4) is 0 Å². The van der Waals surface area contributed by atoms with Crippen LogP contribution in [-0.4, -0.2) is 36.6 Å². The molecule has 7 nitrogen and oxygen atoms in total. The summed E-state index contributed by atoms with van der Waals surface area (Å²) >= 11 is 5.91. The predicted octanol–water partition coefficient (Wildman–Crippen LogP) is 4.85. The molecule has 1 amide bonds. The highest BCUT2D eigenvalue weighted by molar-refractivity contribution is 7.86. The van der Waals surface area contributed by atoms with Crippen molar-refractivity contribution in [2.45, 2.75) is 44.1 Å². The third-order valence-corrected chi connectivity index (χ3v) is 7.46. The summed E-state index contributed by atoms with van der Waals surface area (Å²) in [6.45, 7) is 1.53. The van der Waals surface area contributed by atoms with E-state index in [0.29, 0.717) is 36.4 Å². The second-order valence-corrected chi connectivity index (χ2v) is 11.0. The average Bonchev–Trinajstić information content (AvgIpc) is 2.79. The fourth-order valence-electron chi connectivity index (χ4n) is 4.85. The first-order valence-electron chi connectivity index (χ1n) is 11.1. The van der Waals surface area contributed by atoms with Crippen molar-refractivity contribution in [3.8, 4) is 0 Å². The number of nitrogens with zero attached hydrogens (tertiary/aromatic N) is 1. The van der Waals surface area contributed by atoms with Crippen molar-refractivity contribution >= 4 is 44.2 Å². The Balaban J connectivity index is 0.00000342. The minimum atomic E-state index is -3.91. The van der Waals surface area contributed by atoms with Gasteiger partial charge in [-0.15, -0.1) is 0 Å². The Labute approximate surface area is 209 Å². The van der Waals surface area contributed by atoms with Gasteiger partial charge in [-0.05, 0) is 98.5 Å². The maximum Gasteiger partial charge on any atom is 0.265 e. The van der Waals surface area contributed by atoms with E-state index in [1.54, 1.807) is 36.5 Å². The lowest BCUT2D eigenvalue weighted by Crippen LogP contribution is -2.51. The van der Waals surface area contributed by atoms with Crippen LogP contribution in [-0.2, 0) is 19.1 Å². The van der Waals surface area contributed by atoms with Crippen LogP contribution in [0.1, 0.15) is 44.1 Å². The molecule has 1 atom stereocenters. The Kier molecular flexibility index (Phi) is 8.16. The van der Waals surface area contributed by atoms with Gasteiger partial charge >= 0.3 is 0 Å². The Morgan fingerprint density at radius 1 is 1.11 bits per heavy atom. The summed E-state index contributed by atoms with van der Waals surface area (Å²) < 4.78 is 43.5. The first-order chi connectivity index (χ1) is 16.0. The molecule has 1 heterocycles. The predicted molar refractivity (Wildman–Crippen MR) is 134 cm³/mol. The number of aromatic nitrogens is 1. The van der Waals surface area contributed by atoms with Crippen molar-refractivity contribution in [2.24, 2.45) is 5.92 Å². The number of fused-ring (bicyclic) bond motifs is 1. The highest BCUT2D eigenvalue weighted by atomic mass is 35.5. The van der Waals surface area contributed by atoms with Gasteiger partial charge in [-0.2, -0.15) is 8.42 Å². The molecule has 1 aromatic heterocycles. The number of carbonyl (C=O) groups is 1. The number of hydrogen-bond acceptors (Lipinski definition) is 5. The summed E-state index contributed by atoms with van der Waals surface area (Å²) in [5, 5.41) is 4.07. The summed E-state index contributed by atoms with van der Waals surface area (Å²) in [4.78, 5) is 17.6. The molecule has 10 heteroatoms. The van der Waals surface area contributed by atoms with Gasteiger partial charge in [0.05, 0.1) is 11.8 Å². The molecule has 0 bridgehead atoms. The molecule has 1 aliphatic rings. The van der Waals surface area contributed by atoms with Crippen LogP contribution in [0.4, 0.5) is 10.1 Å². The first-order valence-corrected chi connectivity index (χ1v) is 13.3. The smallest absolute Gasteiger partial charge is 0.265 e. The second kappa shape index (κ2) is 10.6. The SMILES string of the molecule is CC(OS(C)(=O)=O)(C(=O)Nc1ccc(Cl)cc1)C1CCC(c2ccnc3ccc(F)cc23)CC1.O. The standard InChI is InChI=1S/C25H26ClFN2O4S.H2O/c1-25(33-34(2,31)32,24(30)29-20-10-7-18(26)8-11-20)17-5-3-16(4-6-17)21-13-14-28-23-12-9-19(27)15-22(21)23;/h7-17H,3-6H2,1-2H3,(H,29,30);1H2. The number of halogens is 2. The number of anilines is 1. The quantitative estimate of drug-likeness (QED) is 0.464. The number of pyridine rings is 1. The highest BCUT2D eigenvalue weighted by Gasteiger charge is 2.47. The van der Waals surface area contributed by atoms with E-state index in [0.717, 1.165) is 22.7 Å². The van der Waals surface area contributed by atoms with Gasteiger partial charge in [0, 0.05) is 22.3 Å². The van der Waals surface area contributed by atoms with Crippen molar-refractivity contribution in [1.82, 2.24) is 4.98 Å². The van der Waals surface area contributed by atoms with Gasteiger partial charge in [-0.25, -0.2) is 4.39 Å². The molecule has 1 unspecified atom stereocenters. The van der Waals surface area contributed by atoms with Crippen molar-refractivity contribution < 1.29 is 27.3 Å². The van der Waals surface area contributed by atoms with Gasteiger partial charge in [0.1, 0.15) is 5.82 Å². The molecule has 1 saturated carbocycles. The molecule has 188 valence electrons. The van der Waals surface area contributed by atoms with Gasteiger partial charge < -0.3 is 10.8 Å². The van der Waals surface area contributed by atoms with Crippen LogP contribution in [0.2, 0.25) is 5.02 Å². The van der Waals surface area contributed by atoms with Gasteiger partial charge in [0.2, 0.25) is 0 Å². The number of rotatable bonds is 6. The van der Waals surface area contributed by atoms with E-state index in [2.05, 4.69) is 10.3 Å². The third kappa shape index (κ3) is 6.16. The normalized spacial score (nSPS) is 20.0. The summed E-state index contributed by atoms with van der Waals surface area (Å²) in [7, 11) is -3.91. The zero-order valence-electron chi connectivity index (χ0n) is 19.4. The van der Waals surface area contributed by atoms with E-state index in [4.69, 9.17) is 15.8 Å². The van der Waals surface area contributed by atoms with Crippen molar-refractivity contribution in [1.29, 1.82) is 0 Å². The molecule has 1 aliphatic carbocycles. The van der Waals surface area contributed by atoms with Crippen LogP contribution >= 0.6 is 11.6 Å². The largest absolute Gasteiger partial charge is 0.412 e. The lowest BCUT2D eigenvalue weighted by Gasteiger charge is -2.39. The van der Waals surface area contributed by atoms with Crippen LogP contribution in [0.15, 0.2) is 54.7 Å². The first kappa shape index (κ1) is 27.0. The lowest BCUT2D eigenvalue weighted by molar-refractivity contribution is -0.135. The van der Waals surface area contributed by atoms with E-state index in [1.165, 1.54) is 19.1 Å². The van der Waals surface area contributed by atoms with E-state index in [9.17, 15) is 17.6 Å². The number of hydrogen-bond donors (Lipinski definition) is 1. The van der Waals surface area contributed by atoms with Crippen molar-refractivity contribution in [3.05, 3.63) is 71.1 Å². The van der Waals surface area contributed by atoms with Gasteiger partial charge in [-0.3, -0.25) is 14.0 Å². The van der Waals surface area contributed by atoms with Crippen molar-refractivity contribution in [3.63, 3.8) is 0 Å². The number of carbonyl (C=O) groups excluding carboxylic acids is 1. The summed E-state index contributed by atoms with van der Waals surface area (Å²) in [6.07, 6.45) is 5.23. The summed E-state index contributed by atoms with van der Waals surface area (Å²) in [5.41, 5.74) is 0.662. The Bertz CT molecular complexity index is 1310. The van der Waals surface area contributed by atoms with E-state index >= 15 is 0 Å². The van der Waals surface area contributed by atoms with E-state index in [1.807, 2.05) is 6.07 Å². The molecule has 2 aromatic carbocycles. The maximum atomic E-state index is 13.9. The average molecular weight is 523 g/mol. The Morgan fingerprint density at radius 2 is 1.77 bits per heavy atom. The van der Waals surface area contributed by atoms with Gasteiger partial charge in [0.25, 0.3) is 16.0 Å². The van der Waals surface area contributed by atoms with Crippen LogP contribution in [0.25, 0.3) is 10.9 Å². The van der Waals surface area contributed by atoms with E-state index < -0.39 is 21.6 Å². The van der Waals surface area contributed by atoms with Gasteiger partial charge in [-0.1, -0.05) is 11.6 Å². The van der Waals surface area contributed by atoms with Crippen LogP contribution in [0.5, 0.6) is 0 Å². The number of amides is 1. The van der Waals surface area contributed by atoms with E-state index in [-0.39, 0.29) is 23.1 Å². The Hall–Kier alpha value is -2.59. The minimum Gasteiger partial charge on any atom is -0.412 e. The molecular weight excluding hydrogens is 495 g/mol. The monoisotopic (exact) mass is 522 g/mol. The second-order valence-electron chi connectivity index (χ2n) is 8.97. The van der Waals surface area contributed by atoms with Crippen molar-refractivity contribution in [2.75, 3.05) is 11.6 Å². The third-order valence-electron chi connectivity index (χ3n) is 6.56. The summed E-state index contributed by atoms with van der Waals surface area (Å²) in [5.74, 6) is -1.02. The molecule has 0 radical (unpaired) electrons. The molecule has 4 rings (SSSR count). The fraction of sp³-hybridized carbons (Fsp3) is 0.360. The topological polar surface area (TPSA) is 117 Å². The number of nitrogens with one attached hydrogen (secondary N) is 1. The Morgan fingerprint density at radius 3 is 2.40 bits per heavy atom. The summed E-state index contributed by atoms with van der Waals surface area (Å²) in [6, 6.07) is 13.0. The van der Waals surface area contributed by atoms with Crippen LogP contribution < -0.4 is 5.32 Å². The zero-order chi connectivity index (χ0) is 24.5. The van der Waals surface area contributed by atoms with Gasteiger partial charge in [0.15, 0.2) is 5.60 Å².